The van der Waals surface area contributed by atoms with E-state index in [0.29, 0.717) is 5.95 Å². The number of amides is 1. The van der Waals surface area contributed by atoms with Gasteiger partial charge in [-0.1, -0.05) is 0 Å². The second-order valence-electron chi connectivity index (χ2n) is 6.70. The molecule has 1 saturated heterocycles. The summed E-state index contributed by atoms with van der Waals surface area (Å²) in [5, 5.41) is 5.99. The van der Waals surface area contributed by atoms with Gasteiger partial charge >= 0.3 is 0 Å². The van der Waals surface area contributed by atoms with Gasteiger partial charge in [0.05, 0.1) is 0 Å². The Morgan fingerprint density at radius 1 is 1.15 bits per heavy atom. The average molecular weight is 355 g/mol. The van der Waals surface area contributed by atoms with Gasteiger partial charge in [0.2, 0.25) is 11.8 Å². The van der Waals surface area contributed by atoms with E-state index < -0.39 is 0 Å². The van der Waals surface area contributed by atoms with Crippen molar-refractivity contribution < 1.29 is 4.79 Å². The second kappa shape index (κ2) is 7.23. The Kier molecular flexibility index (Phi) is 5.01. The molecule has 0 aromatic carbocycles. The molecule has 0 aliphatic carbocycles. The van der Waals surface area contributed by atoms with Crippen LogP contribution in [0.5, 0.6) is 0 Å². The lowest BCUT2D eigenvalue weighted by molar-refractivity contribution is 0.0952. The van der Waals surface area contributed by atoms with Crippen molar-refractivity contribution in [2.24, 2.45) is 0 Å². The molecule has 3 heterocycles. The molecule has 0 spiro atoms. The standard InChI is InChI=1S/C18H25N7O/c1-10-8-20-18(22-12(10)3)23-14-6-7-25(9-14)16-11(2)13(4)21-15(24-16)17(26)19-5/h8,14H,6-7,9H2,1-5H3,(H,19,26)(H,20,22,23)/t14-/m1/s1. The summed E-state index contributed by atoms with van der Waals surface area (Å²) in [5.74, 6) is 1.41. The van der Waals surface area contributed by atoms with Gasteiger partial charge in [-0.15, -0.1) is 0 Å². The number of anilines is 2. The fourth-order valence-corrected chi connectivity index (χ4v) is 2.98. The van der Waals surface area contributed by atoms with Crippen LogP contribution in [0.15, 0.2) is 6.20 Å². The van der Waals surface area contributed by atoms with Gasteiger partial charge in [0.15, 0.2) is 0 Å². The molecule has 2 aromatic rings. The first kappa shape index (κ1) is 18.0. The van der Waals surface area contributed by atoms with E-state index in [1.165, 1.54) is 0 Å². The third kappa shape index (κ3) is 3.58. The van der Waals surface area contributed by atoms with Crippen LogP contribution < -0.4 is 15.5 Å². The van der Waals surface area contributed by atoms with Crippen LogP contribution in [0.2, 0.25) is 0 Å². The molecule has 1 atom stereocenters. The van der Waals surface area contributed by atoms with E-state index in [2.05, 4.69) is 35.5 Å². The Morgan fingerprint density at radius 3 is 2.62 bits per heavy atom. The van der Waals surface area contributed by atoms with E-state index in [0.717, 1.165) is 47.8 Å². The van der Waals surface area contributed by atoms with Gasteiger partial charge in [-0.3, -0.25) is 4.79 Å². The van der Waals surface area contributed by atoms with E-state index in [1.807, 2.05) is 33.9 Å². The fourth-order valence-electron chi connectivity index (χ4n) is 2.98. The number of aromatic nitrogens is 4. The fraction of sp³-hybridized carbons (Fsp3) is 0.500. The van der Waals surface area contributed by atoms with Crippen LogP contribution in [-0.4, -0.2) is 52.0 Å². The number of nitrogens with zero attached hydrogens (tertiary/aromatic N) is 5. The Bertz CT molecular complexity index is 837. The number of nitrogens with one attached hydrogen (secondary N) is 2. The van der Waals surface area contributed by atoms with Gasteiger partial charge in [0.25, 0.3) is 5.91 Å². The number of carbonyl (C=O) groups excluding carboxylic acids is 1. The average Bonchev–Trinajstić information content (AvgIpc) is 3.08. The maximum absolute atomic E-state index is 11.9. The molecule has 8 heteroatoms. The molecule has 26 heavy (non-hydrogen) atoms. The van der Waals surface area contributed by atoms with Crippen LogP contribution in [-0.2, 0) is 0 Å². The summed E-state index contributed by atoms with van der Waals surface area (Å²) in [6.07, 6.45) is 2.79. The third-order valence-electron chi connectivity index (χ3n) is 4.84. The molecule has 138 valence electrons. The molecular weight excluding hydrogens is 330 g/mol. The van der Waals surface area contributed by atoms with Gasteiger partial charge in [-0.25, -0.2) is 19.9 Å². The van der Waals surface area contributed by atoms with E-state index in [1.54, 1.807) is 7.05 Å². The molecule has 1 aliphatic rings. The number of hydrogen-bond donors (Lipinski definition) is 2. The minimum atomic E-state index is -0.272. The largest absolute Gasteiger partial charge is 0.354 e. The van der Waals surface area contributed by atoms with Crippen LogP contribution in [0.25, 0.3) is 0 Å². The van der Waals surface area contributed by atoms with Crippen LogP contribution in [0.4, 0.5) is 11.8 Å². The van der Waals surface area contributed by atoms with Gasteiger partial charge in [-0.05, 0) is 39.7 Å². The summed E-state index contributed by atoms with van der Waals surface area (Å²) in [6.45, 7) is 9.51. The first-order valence-electron chi connectivity index (χ1n) is 8.78. The summed E-state index contributed by atoms with van der Waals surface area (Å²) in [7, 11) is 1.58. The molecular formula is C18H25N7O. The highest BCUT2D eigenvalue weighted by Gasteiger charge is 2.27. The predicted molar refractivity (Wildman–Crippen MR) is 101 cm³/mol. The van der Waals surface area contributed by atoms with Crippen LogP contribution in [0.3, 0.4) is 0 Å². The van der Waals surface area contributed by atoms with Crippen molar-refractivity contribution in [1.29, 1.82) is 0 Å². The minimum Gasteiger partial charge on any atom is -0.354 e. The highest BCUT2D eigenvalue weighted by Crippen LogP contribution is 2.25. The van der Waals surface area contributed by atoms with Crippen molar-refractivity contribution in [2.45, 2.75) is 40.2 Å². The maximum Gasteiger partial charge on any atom is 0.288 e. The van der Waals surface area contributed by atoms with Crippen molar-refractivity contribution in [3.05, 3.63) is 34.5 Å². The lowest BCUT2D eigenvalue weighted by atomic mass is 10.2. The van der Waals surface area contributed by atoms with Crippen LogP contribution >= 0.6 is 0 Å². The Labute approximate surface area is 153 Å². The molecule has 1 fully saturated rings. The first-order chi connectivity index (χ1) is 12.4. The maximum atomic E-state index is 11.9. The normalized spacial score (nSPS) is 16.7. The molecule has 8 nitrogen and oxygen atoms in total. The Morgan fingerprint density at radius 2 is 1.92 bits per heavy atom. The topological polar surface area (TPSA) is 95.9 Å². The summed E-state index contributed by atoms with van der Waals surface area (Å²) in [5.41, 5.74) is 3.88. The lowest BCUT2D eigenvalue weighted by Crippen LogP contribution is -2.29. The van der Waals surface area contributed by atoms with Gasteiger partial charge in [-0.2, -0.15) is 0 Å². The quantitative estimate of drug-likeness (QED) is 0.859. The molecule has 1 amide bonds. The highest BCUT2D eigenvalue weighted by molar-refractivity contribution is 5.90. The Hall–Kier alpha value is -2.77. The number of hydrogen-bond acceptors (Lipinski definition) is 7. The first-order valence-corrected chi connectivity index (χ1v) is 8.78. The monoisotopic (exact) mass is 355 g/mol. The third-order valence-corrected chi connectivity index (χ3v) is 4.84. The molecule has 0 saturated carbocycles. The molecule has 2 N–H and O–H groups in total. The zero-order valence-corrected chi connectivity index (χ0v) is 15.9. The van der Waals surface area contributed by atoms with Gasteiger partial charge in [0, 0.05) is 49.3 Å². The summed E-state index contributed by atoms with van der Waals surface area (Å²) in [6, 6.07) is 0.232. The van der Waals surface area contributed by atoms with Gasteiger partial charge < -0.3 is 15.5 Å². The predicted octanol–water partition coefficient (Wildman–Crippen LogP) is 1.55. The zero-order chi connectivity index (χ0) is 18.8. The van der Waals surface area contributed by atoms with Crippen molar-refractivity contribution in [2.75, 3.05) is 30.4 Å². The van der Waals surface area contributed by atoms with Crippen molar-refractivity contribution in [3.63, 3.8) is 0 Å². The Balaban J connectivity index is 1.77. The lowest BCUT2D eigenvalue weighted by Gasteiger charge is -2.21. The summed E-state index contributed by atoms with van der Waals surface area (Å²) in [4.78, 5) is 31.8. The van der Waals surface area contributed by atoms with E-state index in [4.69, 9.17) is 0 Å². The van der Waals surface area contributed by atoms with Gasteiger partial charge in [0.1, 0.15) is 5.82 Å². The van der Waals surface area contributed by atoms with E-state index in [-0.39, 0.29) is 17.8 Å². The highest BCUT2D eigenvalue weighted by atomic mass is 16.2. The molecule has 0 unspecified atom stereocenters. The second-order valence-corrected chi connectivity index (χ2v) is 6.70. The molecule has 2 aromatic heterocycles. The number of aryl methyl sites for hydroxylation is 3. The molecule has 3 rings (SSSR count). The molecule has 0 radical (unpaired) electrons. The van der Waals surface area contributed by atoms with Crippen molar-refractivity contribution >= 4 is 17.7 Å². The minimum absolute atomic E-state index is 0.208. The van der Waals surface area contributed by atoms with Crippen molar-refractivity contribution in [1.82, 2.24) is 25.3 Å². The van der Waals surface area contributed by atoms with E-state index >= 15 is 0 Å². The van der Waals surface area contributed by atoms with Crippen molar-refractivity contribution in [3.8, 4) is 0 Å². The SMILES string of the molecule is CNC(=O)c1nc(C)c(C)c(N2CC[C@@H](Nc3ncc(C)c(C)n3)C2)n1. The zero-order valence-electron chi connectivity index (χ0n) is 15.9. The van der Waals surface area contributed by atoms with Crippen LogP contribution in [0, 0.1) is 27.7 Å². The molecule has 1 aliphatic heterocycles. The van der Waals surface area contributed by atoms with Crippen LogP contribution in [0.1, 0.15) is 39.6 Å². The number of rotatable bonds is 4. The summed E-state index contributed by atoms with van der Waals surface area (Å²) >= 11 is 0. The smallest absolute Gasteiger partial charge is 0.288 e. The van der Waals surface area contributed by atoms with E-state index in [9.17, 15) is 4.79 Å². The summed E-state index contributed by atoms with van der Waals surface area (Å²) < 4.78 is 0. The number of carbonyl (C=O) groups is 1. The molecule has 0 bridgehead atoms.